The van der Waals surface area contributed by atoms with E-state index in [0.717, 1.165) is 16.8 Å². The Hall–Kier alpha value is -1.72. The molecule has 0 aromatic heterocycles. The highest BCUT2D eigenvalue weighted by atomic mass is 16.6. The summed E-state index contributed by atoms with van der Waals surface area (Å²) in [7, 11) is 0. The van der Waals surface area contributed by atoms with Gasteiger partial charge in [0.1, 0.15) is 11.8 Å². The van der Waals surface area contributed by atoms with Gasteiger partial charge in [0.15, 0.2) is 5.78 Å². The molecule has 4 fully saturated rings. The molecule has 4 aliphatic rings. The first kappa shape index (κ1) is 15.5. The molecule has 5 nitrogen and oxygen atoms in total. The van der Waals surface area contributed by atoms with Crippen molar-refractivity contribution in [2.45, 2.75) is 58.0 Å². The Balaban J connectivity index is 1.66. The number of nitrogens with zero attached hydrogens (tertiary/aromatic N) is 1. The standard InChI is InChI=1S/C20H23NO4/c1-10-7-13(8-11(2)12(10)3)21-17(23)15-16-18(21)24-6-5-20(16)9-14(22)19(15,4)25-20/h7-8,15-16,18H,5-6,9H2,1-4H3/t15-,16+,18+,19-,20+/m1/s1. The molecule has 1 aromatic carbocycles. The Morgan fingerprint density at radius 2 is 1.84 bits per heavy atom. The molecule has 1 spiro atoms. The van der Waals surface area contributed by atoms with Crippen molar-refractivity contribution < 1.29 is 19.1 Å². The molecule has 0 aliphatic carbocycles. The van der Waals surface area contributed by atoms with Crippen LogP contribution in [0.1, 0.15) is 36.5 Å². The quantitative estimate of drug-likeness (QED) is 0.787. The maximum Gasteiger partial charge on any atom is 0.236 e. The minimum atomic E-state index is -0.989. The van der Waals surface area contributed by atoms with E-state index in [1.807, 2.05) is 0 Å². The number of Topliss-reactive ketones (excluding diaryl/α,β-unsaturated/α-hetero) is 1. The number of amides is 1. The second-order valence-electron chi connectivity index (χ2n) is 8.30. The van der Waals surface area contributed by atoms with Crippen molar-refractivity contribution in [1.82, 2.24) is 0 Å². The monoisotopic (exact) mass is 341 g/mol. The predicted octanol–water partition coefficient (Wildman–Crippen LogP) is 2.44. The highest BCUT2D eigenvalue weighted by molar-refractivity contribution is 6.06. The summed E-state index contributed by atoms with van der Waals surface area (Å²) in [5.41, 5.74) is 2.93. The van der Waals surface area contributed by atoms with Gasteiger partial charge in [0.25, 0.3) is 0 Å². The number of rotatable bonds is 1. The fraction of sp³-hybridized carbons (Fsp3) is 0.600. The van der Waals surface area contributed by atoms with Gasteiger partial charge in [-0.2, -0.15) is 0 Å². The van der Waals surface area contributed by atoms with Crippen LogP contribution in [-0.4, -0.2) is 35.7 Å². The molecule has 4 heterocycles. The van der Waals surface area contributed by atoms with E-state index in [0.29, 0.717) is 19.4 Å². The lowest BCUT2D eigenvalue weighted by Gasteiger charge is -2.41. The third-order valence-electron chi connectivity index (χ3n) is 7.06. The van der Waals surface area contributed by atoms with Crippen LogP contribution >= 0.6 is 0 Å². The molecular formula is C20H23NO4. The van der Waals surface area contributed by atoms with Gasteiger partial charge >= 0.3 is 0 Å². The molecule has 4 aliphatic heterocycles. The Morgan fingerprint density at radius 3 is 2.52 bits per heavy atom. The van der Waals surface area contributed by atoms with E-state index in [2.05, 4.69) is 32.9 Å². The lowest BCUT2D eigenvalue weighted by molar-refractivity contribution is -0.144. The van der Waals surface area contributed by atoms with Crippen LogP contribution in [0.25, 0.3) is 0 Å². The number of hydrogen-bond donors (Lipinski definition) is 0. The van der Waals surface area contributed by atoms with Gasteiger partial charge in [0.05, 0.1) is 18.1 Å². The lowest BCUT2D eigenvalue weighted by atomic mass is 9.65. The minimum Gasteiger partial charge on any atom is -0.359 e. The van der Waals surface area contributed by atoms with E-state index < -0.39 is 17.1 Å². The van der Waals surface area contributed by atoms with Gasteiger partial charge in [0, 0.05) is 24.4 Å². The summed E-state index contributed by atoms with van der Waals surface area (Å²) in [6, 6.07) is 4.11. The van der Waals surface area contributed by atoms with Gasteiger partial charge in [-0.3, -0.25) is 14.5 Å². The number of ether oxygens (including phenoxy) is 2. The number of hydrogen-bond acceptors (Lipinski definition) is 4. The molecular weight excluding hydrogens is 318 g/mol. The van der Waals surface area contributed by atoms with E-state index in [1.165, 1.54) is 5.56 Å². The molecule has 0 saturated carbocycles. The molecule has 1 aromatic rings. The highest BCUT2D eigenvalue weighted by Gasteiger charge is 2.78. The zero-order valence-electron chi connectivity index (χ0n) is 15.1. The molecule has 5 heteroatoms. The average molecular weight is 341 g/mol. The van der Waals surface area contributed by atoms with Crippen molar-refractivity contribution in [3.05, 3.63) is 28.8 Å². The van der Waals surface area contributed by atoms with Gasteiger partial charge in [-0.05, 0) is 56.5 Å². The molecule has 5 rings (SSSR count). The number of aryl methyl sites for hydroxylation is 2. The topological polar surface area (TPSA) is 55.8 Å². The van der Waals surface area contributed by atoms with Crippen LogP contribution in [0.5, 0.6) is 0 Å². The molecule has 132 valence electrons. The summed E-state index contributed by atoms with van der Waals surface area (Å²) in [5.74, 6) is -0.447. The summed E-state index contributed by atoms with van der Waals surface area (Å²) in [6.07, 6.45) is 0.777. The molecule has 0 N–H and O–H groups in total. The van der Waals surface area contributed by atoms with Crippen molar-refractivity contribution in [3.8, 4) is 0 Å². The SMILES string of the molecule is Cc1cc(N2C(=O)[C@H]3[C@H]4[C@@H]2OCC[C@]42CC(=O)[C@@]3(C)O2)cc(C)c1C. The Morgan fingerprint density at radius 1 is 1.16 bits per heavy atom. The summed E-state index contributed by atoms with van der Waals surface area (Å²) in [5, 5.41) is 0. The summed E-state index contributed by atoms with van der Waals surface area (Å²) in [4.78, 5) is 27.8. The minimum absolute atomic E-state index is 0.0306. The number of fused-ring (bicyclic) bond motifs is 2. The molecule has 5 atom stereocenters. The molecule has 4 saturated heterocycles. The average Bonchev–Trinajstić information content (AvgIpc) is 3.09. The third kappa shape index (κ3) is 1.66. The lowest BCUT2D eigenvalue weighted by Crippen LogP contribution is -2.52. The Kier molecular flexibility index (Phi) is 2.80. The molecule has 1 amide bonds. The normalized spacial score (nSPS) is 41.6. The number of benzene rings is 1. The van der Waals surface area contributed by atoms with Crippen LogP contribution in [0.2, 0.25) is 0 Å². The third-order valence-corrected chi connectivity index (χ3v) is 7.06. The first-order valence-electron chi connectivity index (χ1n) is 9.04. The number of ketones is 1. The summed E-state index contributed by atoms with van der Waals surface area (Å²) in [6.45, 7) is 8.54. The smallest absolute Gasteiger partial charge is 0.236 e. The fourth-order valence-corrected chi connectivity index (χ4v) is 5.54. The van der Waals surface area contributed by atoms with E-state index in [-0.39, 0.29) is 23.8 Å². The maximum absolute atomic E-state index is 13.4. The van der Waals surface area contributed by atoms with Crippen molar-refractivity contribution >= 4 is 17.4 Å². The van der Waals surface area contributed by atoms with E-state index >= 15 is 0 Å². The molecule has 0 radical (unpaired) electrons. The number of carbonyl (C=O) groups is 2. The van der Waals surface area contributed by atoms with Gasteiger partial charge in [-0.1, -0.05) is 0 Å². The van der Waals surface area contributed by atoms with Crippen molar-refractivity contribution in [2.75, 3.05) is 11.5 Å². The Labute approximate surface area is 147 Å². The van der Waals surface area contributed by atoms with E-state index in [1.54, 1.807) is 11.8 Å². The van der Waals surface area contributed by atoms with Crippen LogP contribution < -0.4 is 4.90 Å². The van der Waals surface area contributed by atoms with Crippen LogP contribution in [0, 0.1) is 32.6 Å². The van der Waals surface area contributed by atoms with Crippen LogP contribution in [0.3, 0.4) is 0 Å². The first-order chi connectivity index (χ1) is 11.8. The van der Waals surface area contributed by atoms with Gasteiger partial charge in [-0.25, -0.2) is 0 Å². The van der Waals surface area contributed by atoms with Crippen LogP contribution in [0.4, 0.5) is 5.69 Å². The predicted molar refractivity (Wildman–Crippen MR) is 91.3 cm³/mol. The van der Waals surface area contributed by atoms with Crippen LogP contribution in [-0.2, 0) is 19.1 Å². The zero-order chi connectivity index (χ0) is 17.7. The Bertz CT molecular complexity index is 810. The highest BCUT2D eigenvalue weighted by Crippen LogP contribution is 2.63. The molecule has 25 heavy (non-hydrogen) atoms. The summed E-state index contributed by atoms with van der Waals surface area (Å²) >= 11 is 0. The number of anilines is 1. The van der Waals surface area contributed by atoms with Gasteiger partial charge < -0.3 is 9.47 Å². The van der Waals surface area contributed by atoms with E-state index in [4.69, 9.17) is 9.47 Å². The fourth-order valence-electron chi connectivity index (χ4n) is 5.54. The second-order valence-corrected chi connectivity index (χ2v) is 8.30. The van der Waals surface area contributed by atoms with Gasteiger partial charge in [0.2, 0.25) is 5.91 Å². The van der Waals surface area contributed by atoms with Gasteiger partial charge in [-0.15, -0.1) is 0 Å². The molecule has 0 unspecified atom stereocenters. The first-order valence-corrected chi connectivity index (χ1v) is 9.04. The van der Waals surface area contributed by atoms with Crippen molar-refractivity contribution in [1.29, 1.82) is 0 Å². The zero-order valence-corrected chi connectivity index (χ0v) is 15.1. The van der Waals surface area contributed by atoms with Crippen LogP contribution in [0.15, 0.2) is 12.1 Å². The van der Waals surface area contributed by atoms with E-state index in [9.17, 15) is 9.59 Å². The van der Waals surface area contributed by atoms with Crippen molar-refractivity contribution in [2.24, 2.45) is 11.8 Å². The maximum atomic E-state index is 13.4. The summed E-state index contributed by atoms with van der Waals surface area (Å²) < 4.78 is 12.3. The number of carbonyl (C=O) groups excluding carboxylic acids is 2. The second kappa shape index (κ2) is 4.51. The van der Waals surface area contributed by atoms with Crippen molar-refractivity contribution in [3.63, 3.8) is 0 Å². The molecule has 2 bridgehead atoms. The largest absolute Gasteiger partial charge is 0.359 e.